The highest BCUT2D eigenvalue weighted by Crippen LogP contribution is 2.52. The number of carbonyl (C=O) groups is 1. The molecular formula is C22H28N4O. The van der Waals surface area contributed by atoms with Gasteiger partial charge >= 0.3 is 0 Å². The van der Waals surface area contributed by atoms with Crippen LogP contribution in [0.3, 0.4) is 0 Å². The summed E-state index contributed by atoms with van der Waals surface area (Å²) in [5.74, 6) is 0.875. The average Bonchev–Trinajstić information content (AvgIpc) is 3.00. The zero-order valence-corrected chi connectivity index (χ0v) is 16.5. The topological polar surface area (TPSA) is 49.3 Å². The van der Waals surface area contributed by atoms with Crippen molar-refractivity contribution in [1.29, 1.82) is 0 Å². The molecule has 5 nitrogen and oxygen atoms in total. The summed E-state index contributed by atoms with van der Waals surface area (Å²) in [6.07, 6.45) is 4.89. The third-order valence-electron chi connectivity index (χ3n) is 6.69. The molecule has 5 heteroatoms. The van der Waals surface area contributed by atoms with Crippen LogP contribution in [0.25, 0.3) is 0 Å². The van der Waals surface area contributed by atoms with Gasteiger partial charge in [0.15, 0.2) is 5.82 Å². The zero-order chi connectivity index (χ0) is 19.1. The highest BCUT2D eigenvalue weighted by Gasteiger charge is 2.50. The highest BCUT2D eigenvalue weighted by atomic mass is 16.2. The van der Waals surface area contributed by atoms with E-state index < -0.39 is 0 Å². The van der Waals surface area contributed by atoms with E-state index in [0.29, 0.717) is 12.2 Å². The molecule has 1 aliphatic carbocycles. The normalized spacial score (nSPS) is 28.3. The SMILES string of the molecule is Cc1ccc(N2CC3(CCC(c4ccccc4)(N(C)C)CC3)CC2=O)nn1. The van der Waals surface area contributed by atoms with Gasteiger partial charge in [-0.3, -0.25) is 14.6 Å². The molecule has 0 atom stereocenters. The summed E-state index contributed by atoms with van der Waals surface area (Å²) < 4.78 is 0. The van der Waals surface area contributed by atoms with Gasteiger partial charge in [0.1, 0.15) is 0 Å². The first kappa shape index (κ1) is 18.1. The lowest BCUT2D eigenvalue weighted by Gasteiger charge is -2.48. The number of hydrogen-bond donors (Lipinski definition) is 0. The third-order valence-corrected chi connectivity index (χ3v) is 6.69. The number of anilines is 1. The molecular weight excluding hydrogens is 336 g/mol. The van der Waals surface area contributed by atoms with Gasteiger partial charge < -0.3 is 0 Å². The van der Waals surface area contributed by atoms with Gasteiger partial charge in [-0.1, -0.05) is 30.3 Å². The zero-order valence-electron chi connectivity index (χ0n) is 16.5. The Balaban J connectivity index is 1.54. The van der Waals surface area contributed by atoms with E-state index in [2.05, 4.69) is 59.5 Å². The fourth-order valence-corrected chi connectivity index (χ4v) is 4.91. The first-order chi connectivity index (χ1) is 12.9. The average molecular weight is 364 g/mol. The maximum atomic E-state index is 12.7. The number of amides is 1. The summed E-state index contributed by atoms with van der Waals surface area (Å²) in [5.41, 5.74) is 2.39. The van der Waals surface area contributed by atoms with Gasteiger partial charge in [-0.2, -0.15) is 5.10 Å². The van der Waals surface area contributed by atoms with Gasteiger partial charge in [0, 0.05) is 18.5 Å². The van der Waals surface area contributed by atoms with E-state index in [9.17, 15) is 4.79 Å². The number of carbonyl (C=O) groups excluding carboxylic acids is 1. The molecule has 2 fully saturated rings. The standard InChI is InChI=1S/C22H28N4O/c1-17-9-10-19(24-23-17)26-16-21(15-20(26)27)11-13-22(14-12-21,25(2)3)18-7-5-4-6-8-18/h4-10H,11-16H2,1-3H3. The summed E-state index contributed by atoms with van der Waals surface area (Å²) in [7, 11) is 4.36. The highest BCUT2D eigenvalue weighted by molar-refractivity contribution is 5.95. The summed E-state index contributed by atoms with van der Waals surface area (Å²) in [4.78, 5) is 17.0. The minimum absolute atomic E-state index is 0.0621. The van der Waals surface area contributed by atoms with Crippen LogP contribution in [0.4, 0.5) is 5.82 Å². The Kier molecular flexibility index (Phi) is 4.50. The van der Waals surface area contributed by atoms with Crippen LogP contribution < -0.4 is 4.90 Å². The maximum Gasteiger partial charge on any atom is 0.228 e. The van der Waals surface area contributed by atoms with E-state index in [1.54, 1.807) is 0 Å². The second kappa shape index (κ2) is 6.71. The fraction of sp³-hybridized carbons (Fsp3) is 0.500. The second-order valence-electron chi connectivity index (χ2n) is 8.48. The molecule has 1 saturated heterocycles. The number of nitrogens with zero attached hydrogens (tertiary/aromatic N) is 4. The molecule has 1 saturated carbocycles. The molecule has 2 aliphatic rings. The molecule has 0 bridgehead atoms. The number of benzene rings is 1. The minimum atomic E-state index is 0.0621. The van der Waals surface area contributed by atoms with Crippen LogP contribution in [0.2, 0.25) is 0 Å². The first-order valence-corrected chi connectivity index (χ1v) is 9.78. The van der Waals surface area contributed by atoms with Gasteiger partial charge in [0.25, 0.3) is 0 Å². The second-order valence-corrected chi connectivity index (χ2v) is 8.48. The van der Waals surface area contributed by atoms with Crippen molar-refractivity contribution in [3.8, 4) is 0 Å². The van der Waals surface area contributed by atoms with Crippen molar-refractivity contribution in [2.75, 3.05) is 25.5 Å². The van der Waals surface area contributed by atoms with E-state index in [1.807, 2.05) is 24.0 Å². The molecule has 2 aromatic rings. The number of aryl methyl sites for hydroxylation is 1. The quantitative estimate of drug-likeness (QED) is 0.836. The molecule has 27 heavy (non-hydrogen) atoms. The van der Waals surface area contributed by atoms with E-state index in [4.69, 9.17) is 0 Å². The van der Waals surface area contributed by atoms with Crippen LogP contribution in [0.1, 0.15) is 43.4 Å². The van der Waals surface area contributed by atoms with Gasteiger partial charge in [-0.25, -0.2) is 0 Å². The first-order valence-electron chi connectivity index (χ1n) is 9.78. The summed E-state index contributed by atoms with van der Waals surface area (Å²) in [6.45, 7) is 2.68. The Hall–Kier alpha value is -2.27. The lowest BCUT2D eigenvalue weighted by molar-refractivity contribution is -0.118. The Labute approximate surface area is 161 Å². The van der Waals surface area contributed by atoms with Crippen molar-refractivity contribution >= 4 is 11.7 Å². The number of rotatable bonds is 3. The van der Waals surface area contributed by atoms with E-state index in [0.717, 1.165) is 37.9 Å². The maximum absolute atomic E-state index is 12.7. The summed E-state index contributed by atoms with van der Waals surface area (Å²) >= 11 is 0. The Bertz CT molecular complexity index is 808. The Morgan fingerprint density at radius 3 is 2.26 bits per heavy atom. The van der Waals surface area contributed by atoms with E-state index in [-0.39, 0.29) is 16.9 Å². The van der Waals surface area contributed by atoms with Gasteiger partial charge in [-0.15, -0.1) is 5.10 Å². The monoisotopic (exact) mass is 364 g/mol. The van der Waals surface area contributed by atoms with Crippen LogP contribution in [0.15, 0.2) is 42.5 Å². The van der Waals surface area contributed by atoms with Crippen molar-refractivity contribution in [2.24, 2.45) is 5.41 Å². The lowest BCUT2D eigenvalue weighted by atomic mass is 9.64. The molecule has 4 rings (SSSR count). The van der Waals surface area contributed by atoms with Crippen LogP contribution >= 0.6 is 0 Å². The molecule has 0 N–H and O–H groups in total. The molecule has 0 unspecified atom stereocenters. The van der Waals surface area contributed by atoms with Crippen molar-refractivity contribution in [3.63, 3.8) is 0 Å². The predicted molar refractivity (Wildman–Crippen MR) is 106 cm³/mol. The van der Waals surface area contributed by atoms with E-state index >= 15 is 0 Å². The molecule has 0 radical (unpaired) electrons. The van der Waals surface area contributed by atoms with Gasteiger partial charge in [0.05, 0.1) is 5.69 Å². The summed E-state index contributed by atoms with van der Waals surface area (Å²) in [6, 6.07) is 14.7. The molecule has 1 amide bonds. The van der Waals surface area contributed by atoms with Crippen molar-refractivity contribution in [2.45, 2.75) is 44.6 Å². The van der Waals surface area contributed by atoms with Crippen molar-refractivity contribution in [3.05, 3.63) is 53.7 Å². The minimum Gasteiger partial charge on any atom is -0.300 e. The number of hydrogen-bond acceptors (Lipinski definition) is 4. The lowest BCUT2D eigenvalue weighted by Crippen LogP contribution is -2.47. The molecule has 1 spiro atoms. The van der Waals surface area contributed by atoms with Crippen LogP contribution in [0.5, 0.6) is 0 Å². The van der Waals surface area contributed by atoms with Crippen LogP contribution in [-0.4, -0.2) is 41.6 Å². The molecule has 1 aromatic heterocycles. The van der Waals surface area contributed by atoms with Gasteiger partial charge in [0.2, 0.25) is 5.91 Å². The predicted octanol–water partition coefficient (Wildman–Crippen LogP) is 3.54. The number of aromatic nitrogens is 2. The van der Waals surface area contributed by atoms with Crippen molar-refractivity contribution < 1.29 is 4.79 Å². The van der Waals surface area contributed by atoms with Crippen molar-refractivity contribution in [1.82, 2.24) is 15.1 Å². The Morgan fingerprint density at radius 1 is 0.963 bits per heavy atom. The molecule has 142 valence electrons. The smallest absolute Gasteiger partial charge is 0.228 e. The van der Waals surface area contributed by atoms with Crippen LogP contribution in [-0.2, 0) is 10.3 Å². The molecule has 1 aliphatic heterocycles. The van der Waals surface area contributed by atoms with Gasteiger partial charge in [-0.05, 0) is 69.8 Å². The molecule has 2 heterocycles. The van der Waals surface area contributed by atoms with E-state index in [1.165, 1.54) is 5.56 Å². The Morgan fingerprint density at radius 2 is 1.67 bits per heavy atom. The largest absolute Gasteiger partial charge is 0.300 e. The summed E-state index contributed by atoms with van der Waals surface area (Å²) in [5, 5.41) is 8.37. The third kappa shape index (κ3) is 3.14. The fourth-order valence-electron chi connectivity index (χ4n) is 4.91. The van der Waals surface area contributed by atoms with Crippen LogP contribution in [0, 0.1) is 12.3 Å². The molecule has 1 aromatic carbocycles.